The summed E-state index contributed by atoms with van der Waals surface area (Å²) < 4.78 is 38.4. The number of nitrogens with one attached hydrogen (secondary N) is 3. The molecule has 1 fully saturated rings. The Bertz CT molecular complexity index is 593. The minimum atomic E-state index is -0.928. The van der Waals surface area contributed by atoms with Crippen LogP contribution in [0.4, 0.5) is 8.78 Å². The van der Waals surface area contributed by atoms with Gasteiger partial charge in [0, 0.05) is 18.6 Å². The molecule has 0 saturated carbocycles. The number of benzene rings is 1. The summed E-state index contributed by atoms with van der Waals surface area (Å²) in [4.78, 5) is 0. The van der Waals surface area contributed by atoms with Crippen molar-refractivity contribution in [2.75, 3.05) is 19.7 Å². The Hall–Kier alpha value is -2.02. The highest BCUT2D eigenvalue weighted by Gasteiger charge is 2.19. The fourth-order valence-electron chi connectivity index (χ4n) is 2.83. The molecule has 1 aromatic carbocycles. The topological polar surface area (TPSA) is 78.2 Å². The van der Waals surface area contributed by atoms with E-state index < -0.39 is 23.1 Å². The van der Waals surface area contributed by atoms with Crippen LogP contribution in [0.15, 0.2) is 12.1 Å². The second-order valence-electron chi connectivity index (χ2n) is 6.15. The van der Waals surface area contributed by atoms with Crippen molar-refractivity contribution in [2.24, 2.45) is 5.92 Å². The van der Waals surface area contributed by atoms with Gasteiger partial charge >= 0.3 is 0 Å². The van der Waals surface area contributed by atoms with Gasteiger partial charge in [0.05, 0.1) is 6.61 Å². The molecule has 0 atom stereocenters. The first-order valence-corrected chi connectivity index (χ1v) is 8.68. The molecule has 0 amide bonds. The largest absolute Gasteiger partial charge is 0.493 e. The quantitative estimate of drug-likeness (QED) is 0.396. The Balaban J connectivity index is 1.87. The lowest BCUT2D eigenvalue weighted by molar-refractivity contribution is 0.272. The number of hydrogen-bond donors (Lipinski definition) is 3. The average Bonchev–Trinajstić information content (AvgIpc) is 2.59. The molecule has 0 aliphatic carbocycles. The molecule has 1 saturated heterocycles. The van der Waals surface area contributed by atoms with E-state index in [9.17, 15) is 8.78 Å². The summed E-state index contributed by atoms with van der Waals surface area (Å²) in [6.45, 7) is 4.15. The molecule has 0 radical (unpaired) electrons. The number of hydrogen-bond acceptors (Lipinski definition) is 5. The maximum Gasteiger partial charge on any atom is 0.226 e. The maximum absolute atomic E-state index is 14.1. The van der Waals surface area contributed by atoms with Gasteiger partial charge in [-0.3, -0.25) is 10.8 Å². The van der Waals surface area contributed by atoms with Crippen molar-refractivity contribution in [1.82, 2.24) is 5.32 Å². The van der Waals surface area contributed by atoms with Gasteiger partial charge in [-0.2, -0.15) is 0 Å². The molecule has 2 rings (SSSR count). The summed E-state index contributed by atoms with van der Waals surface area (Å²) in [5, 5.41) is 18.3. The fourth-order valence-corrected chi connectivity index (χ4v) is 2.83. The van der Waals surface area contributed by atoms with Crippen LogP contribution in [-0.2, 0) is 4.74 Å². The van der Waals surface area contributed by atoms with Crippen LogP contribution in [0.5, 0.6) is 5.75 Å². The molecular formula is C18H25F2N3O2. The van der Waals surface area contributed by atoms with Crippen molar-refractivity contribution in [2.45, 2.75) is 39.0 Å². The molecule has 1 aliphatic heterocycles. The van der Waals surface area contributed by atoms with Crippen LogP contribution in [0.2, 0.25) is 0 Å². The van der Waals surface area contributed by atoms with Crippen molar-refractivity contribution in [3.8, 4) is 5.75 Å². The van der Waals surface area contributed by atoms with Gasteiger partial charge in [0.2, 0.25) is 5.90 Å². The zero-order chi connectivity index (χ0) is 18.2. The lowest BCUT2D eigenvalue weighted by Crippen LogP contribution is -2.27. The lowest BCUT2D eigenvalue weighted by Gasteiger charge is -2.22. The van der Waals surface area contributed by atoms with Crippen LogP contribution < -0.4 is 10.1 Å². The summed E-state index contributed by atoms with van der Waals surface area (Å²) in [7, 11) is 0. The van der Waals surface area contributed by atoms with E-state index in [-0.39, 0.29) is 18.1 Å². The summed E-state index contributed by atoms with van der Waals surface area (Å²) in [5.41, 5.74) is -0.583. The van der Waals surface area contributed by atoms with Gasteiger partial charge in [-0.05, 0) is 44.7 Å². The molecular weight excluding hydrogens is 328 g/mol. The SMILES string of the molecule is CCC(=N)OC(=N)c1c(F)cc(OCCCC2CCNCC2)cc1F. The molecule has 1 aromatic rings. The second-order valence-corrected chi connectivity index (χ2v) is 6.15. The van der Waals surface area contributed by atoms with Gasteiger partial charge in [0.15, 0.2) is 5.90 Å². The van der Waals surface area contributed by atoms with E-state index in [1.54, 1.807) is 6.92 Å². The maximum atomic E-state index is 14.1. The van der Waals surface area contributed by atoms with Crippen LogP contribution in [0.1, 0.15) is 44.6 Å². The summed E-state index contributed by atoms with van der Waals surface area (Å²) >= 11 is 0. The van der Waals surface area contributed by atoms with E-state index >= 15 is 0 Å². The average molecular weight is 353 g/mol. The second kappa shape index (κ2) is 9.46. The van der Waals surface area contributed by atoms with Crippen molar-refractivity contribution >= 4 is 11.8 Å². The Morgan fingerprint density at radius 2 is 1.84 bits per heavy atom. The first kappa shape index (κ1) is 19.3. The van der Waals surface area contributed by atoms with E-state index in [1.165, 1.54) is 0 Å². The Morgan fingerprint density at radius 3 is 2.44 bits per heavy atom. The van der Waals surface area contributed by atoms with Crippen LogP contribution in [-0.4, -0.2) is 31.5 Å². The van der Waals surface area contributed by atoms with E-state index in [4.69, 9.17) is 20.3 Å². The first-order chi connectivity index (χ1) is 12.0. The van der Waals surface area contributed by atoms with Gasteiger partial charge in [-0.15, -0.1) is 0 Å². The lowest BCUT2D eigenvalue weighted by atomic mass is 9.93. The summed E-state index contributed by atoms with van der Waals surface area (Å²) in [6.07, 6.45) is 4.44. The minimum Gasteiger partial charge on any atom is -0.493 e. The Kier molecular flexibility index (Phi) is 7.31. The van der Waals surface area contributed by atoms with Crippen molar-refractivity contribution in [3.05, 3.63) is 29.3 Å². The Morgan fingerprint density at radius 1 is 1.20 bits per heavy atom. The molecule has 25 heavy (non-hydrogen) atoms. The van der Waals surface area contributed by atoms with E-state index in [2.05, 4.69) is 5.32 Å². The van der Waals surface area contributed by atoms with E-state index in [0.29, 0.717) is 12.5 Å². The predicted octanol–water partition coefficient (Wildman–Crippen LogP) is 3.85. The summed E-state index contributed by atoms with van der Waals surface area (Å²) in [5.74, 6) is -2.00. The monoisotopic (exact) mass is 353 g/mol. The van der Waals surface area contributed by atoms with E-state index in [0.717, 1.165) is 50.9 Å². The molecule has 0 aromatic heterocycles. The van der Waals surface area contributed by atoms with Gasteiger partial charge < -0.3 is 14.8 Å². The standard InChI is InChI=1S/C18H25F2N3O2/c1-2-16(21)25-18(22)17-14(19)10-13(11-15(17)20)24-9-3-4-12-5-7-23-8-6-12/h10-12,21-23H,2-9H2,1H3. The third kappa shape index (κ3) is 5.77. The highest BCUT2D eigenvalue weighted by atomic mass is 19.1. The molecule has 3 N–H and O–H groups in total. The minimum absolute atomic E-state index is 0.0995. The zero-order valence-electron chi connectivity index (χ0n) is 14.5. The summed E-state index contributed by atoms with van der Waals surface area (Å²) in [6, 6.07) is 2.10. The van der Waals surface area contributed by atoms with Crippen molar-refractivity contribution in [1.29, 1.82) is 10.8 Å². The Labute approximate surface area is 146 Å². The van der Waals surface area contributed by atoms with Gasteiger partial charge in [-0.1, -0.05) is 6.92 Å². The van der Waals surface area contributed by atoms with Crippen molar-refractivity contribution in [3.63, 3.8) is 0 Å². The number of rotatable bonds is 7. The van der Waals surface area contributed by atoms with Crippen LogP contribution in [0, 0.1) is 28.4 Å². The first-order valence-electron chi connectivity index (χ1n) is 8.68. The third-order valence-corrected chi connectivity index (χ3v) is 4.27. The van der Waals surface area contributed by atoms with Gasteiger partial charge in [-0.25, -0.2) is 8.78 Å². The molecule has 0 unspecified atom stereocenters. The fraction of sp³-hybridized carbons (Fsp3) is 0.556. The predicted molar refractivity (Wildman–Crippen MR) is 92.6 cm³/mol. The van der Waals surface area contributed by atoms with Crippen LogP contribution in [0.3, 0.4) is 0 Å². The number of ether oxygens (including phenoxy) is 2. The molecule has 138 valence electrons. The zero-order valence-corrected chi connectivity index (χ0v) is 14.5. The van der Waals surface area contributed by atoms with Crippen LogP contribution in [0.25, 0.3) is 0 Å². The molecule has 7 heteroatoms. The highest BCUT2D eigenvalue weighted by molar-refractivity contribution is 5.99. The van der Waals surface area contributed by atoms with Gasteiger partial charge in [0.1, 0.15) is 22.9 Å². The van der Waals surface area contributed by atoms with Gasteiger partial charge in [0.25, 0.3) is 0 Å². The molecule has 5 nitrogen and oxygen atoms in total. The third-order valence-electron chi connectivity index (χ3n) is 4.27. The smallest absolute Gasteiger partial charge is 0.226 e. The van der Waals surface area contributed by atoms with Crippen molar-refractivity contribution < 1.29 is 18.3 Å². The number of piperidine rings is 1. The van der Waals surface area contributed by atoms with E-state index in [1.807, 2.05) is 0 Å². The normalized spacial score (nSPS) is 15.0. The molecule has 1 aliphatic rings. The number of halogens is 2. The highest BCUT2D eigenvalue weighted by Crippen LogP contribution is 2.23. The van der Waals surface area contributed by atoms with Crippen LogP contribution >= 0.6 is 0 Å². The molecule has 0 bridgehead atoms. The molecule has 1 heterocycles. The molecule has 0 spiro atoms.